The molecule has 0 spiro atoms. The summed E-state index contributed by atoms with van der Waals surface area (Å²) in [6, 6.07) is 13.1. The van der Waals surface area contributed by atoms with E-state index in [9.17, 15) is 15.3 Å². The zero-order chi connectivity index (χ0) is 37.9. The Kier molecular flexibility index (Phi) is 11.0. The van der Waals surface area contributed by atoms with Crippen molar-refractivity contribution in [3.8, 4) is 17.2 Å². The van der Waals surface area contributed by atoms with Gasteiger partial charge in [0.1, 0.15) is 31.1 Å². The second kappa shape index (κ2) is 13.3. The summed E-state index contributed by atoms with van der Waals surface area (Å²) >= 11 is 0. The van der Waals surface area contributed by atoms with E-state index in [0.29, 0.717) is 11.5 Å². The zero-order valence-electron chi connectivity index (χ0n) is 34.4. The van der Waals surface area contributed by atoms with Gasteiger partial charge in [0.15, 0.2) is 0 Å². The summed E-state index contributed by atoms with van der Waals surface area (Å²) in [6.45, 7) is 40.9. The fraction of sp³-hybridized carbons (Fsp3) is 0.600. The van der Waals surface area contributed by atoms with Crippen molar-refractivity contribution < 1.29 is 20.2 Å². The van der Waals surface area contributed by atoms with Crippen LogP contribution in [0.15, 0.2) is 36.4 Å². The lowest BCUT2D eigenvalue weighted by molar-refractivity contribution is -0.941. The normalized spacial score (nSPS) is 13.8. The number of hydrogen-bond acceptors (Lipinski definition) is 3. The molecule has 0 saturated carbocycles. The van der Waals surface area contributed by atoms with Gasteiger partial charge in [0, 0.05) is 38.9 Å². The minimum Gasteiger partial charge on any atom is -0.872 e. The van der Waals surface area contributed by atoms with Gasteiger partial charge < -0.3 is 20.2 Å². The molecule has 0 saturated heterocycles. The maximum atomic E-state index is 13.8. The Morgan fingerprint density at radius 2 is 0.571 bits per heavy atom. The van der Waals surface area contributed by atoms with E-state index in [-0.39, 0.29) is 38.2 Å². The molecule has 4 heteroatoms. The number of phenolic OH excluding ortho intramolecular Hbond substituents is 2. The number of benzene rings is 3. The standard InChI is InChI=1S/C45H69NO3/c1-40(2,3)31-19-28(20-32(37(31)47)41(4,5)6)25-46(26-29-21-33(42(7,8)9)38(48)34(22-29)43(10,11)12)27-30-23-35(44(13,14)15)39(49)36(24-30)45(16,17)18/h19-24,47-49H,25-27H2,1-18H3. The summed E-state index contributed by atoms with van der Waals surface area (Å²) < 4.78 is 0. The highest BCUT2D eigenvalue weighted by Gasteiger charge is 2.30. The molecular weight excluding hydrogens is 602 g/mol. The van der Waals surface area contributed by atoms with Gasteiger partial charge in [0.25, 0.3) is 0 Å². The van der Waals surface area contributed by atoms with E-state index in [1.54, 1.807) is 0 Å². The molecule has 4 nitrogen and oxygen atoms in total. The van der Waals surface area contributed by atoms with Gasteiger partial charge in [-0.2, -0.15) is 0 Å². The minimum absolute atomic E-state index is 0.150. The topological polar surface area (TPSA) is 68.0 Å². The maximum Gasteiger partial charge on any atom is 0.123 e. The lowest BCUT2D eigenvalue weighted by atomic mass is 9.78. The lowest BCUT2D eigenvalue weighted by Gasteiger charge is -2.34. The van der Waals surface area contributed by atoms with Gasteiger partial charge in [-0.3, -0.25) is 0 Å². The molecule has 0 unspecified atom stereocenters. The molecule has 0 atom stereocenters. The Morgan fingerprint density at radius 3 is 0.755 bits per heavy atom. The van der Waals surface area contributed by atoms with Crippen molar-refractivity contribution in [2.45, 2.75) is 177 Å². The van der Waals surface area contributed by atoms with Crippen LogP contribution in [-0.4, -0.2) is 10.2 Å². The third-order valence-electron chi connectivity index (χ3n) is 9.70. The second-order valence-corrected chi connectivity index (χ2v) is 20.9. The molecule has 0 fully saturated rings. The van der Waals surface area contributed by atoms with E-state index < -0.39 is 0 Å². The highest BCUT2D eigenvalue weighted by atomic mass is 16.3. The van der Waals surface area contributed by atoms with Crippen LogP contribution in [0.5, 0.6) is 17.2 Å². The lowest BCUT2D eigenvalue weighted by Crippen LogP contribution is -3.08. The predicted molar refractivity (Wildman–Crippen MR) is 206 cm³/mol. The van der Waals surface area contributed by atoms with Crippen LogP contribution in [0.4, 0.5) is 0 Å². The molecule has 0 radical (unpaired) electrons. The van der Waals surface area contributed by atoms with Crippen molar-refractivity contribution in [3.63, 3.8) is 0 Å². The summed E-state index contributed by atoms with van der Waals surface area (Å²) in [6.07, 6.45) is 0. The fourth-order valence-corrected chi connectivity index (χ4v) is 6.84. The second-order valence-electron chi connectivity index (χ2n) is 20.9. The zero-order valence-corrected chi connectivity index (χ0v) is 34.4. The van der Waals surface area contributed by atoms with Gasteiger partial charge in [-0.15, -0.1) is 5.75 Å². The molecule has 272 valence electrons. The average molecular weight is 672 g/mol. The highest BCUT2D eigenvalue weighted by Crippen LogP contribution is 2.42. The van der Waals surface area contributed by atoms with Gasteiger partial charge in [0.2, 0.25) is 0 Å². The Balaban J connectivity index is 2.33. The van der Waals surface area contributed by atoms with Crippen molar-refractivity contribution >= 4 is 0 Å². The first-order valence-corrected chi connectivity index (χ1v) is 18.2. The van der Waals surface area contributed by atoms with Crippen LogP contribution >= 0.6 is 0 Å². The molecule has 0 bridgehead atoms. The Morgan fingerprint density at radius 1 is 0.388 bits per heavy atom. The molecule has 3 rings (SSSR count). The average Bonchev–Trinajstić information content (AvgIpc) is 2.87. The molecular formula is C45H69NO3. The summed E-state index contributed by atoms with van der Waals surface area (Å²) in [5.41, 5.74) is 7.60. The van der Waals surface area contributed by atoms with Gasteiger partial charge in [-0.25, -0.2) is 0 Å². The third-order valence-corrected chi connectivity index (χ3v) is 9.70. The fourth-order valence-electron chi connectivity index (χ4n) is 6.84. The van der Waals surface area contributed by atoms with Crippen LogP contribution < -0.4 is 10.0 Å². The smallest absolute Gasteiger partial charge is 0.123 e. The summed E-state index contributed by atoms with van der Waals surface area (Å²) in [7, 11) is 0. The van der Waals surface area contributed by atoms with Gasteiger partial charge in [-0.05, 0) is 67.9 Å². The number of rotatable bonds is 6. The van der Waals surface area contributed by atoms with E-state index in [0.717, 1.165) is 58.6 Å². The molecule has 49 heavy (non-hydrogen) atoms. The van der Waals surface area contributed by atoms with Crippen LogP contribution in [0.1, 0.15) is 175 Å². The monoisotopic (exact) mass is 672 g/mol. The first kappa shape index (κ1) is 40.4. The Labute approximate surface area is 300 Å². The number of phenols is 2. The van der Waals surface area contributed by atoms with E-state index in [4.69, 9.17) is 0 Å². The summed E-state index contributed by atoms with van der Waals surface area (Å²) in [4.78, 5) is 1.33. The van der Waals surface area contributed by atoms with E-state index in [1.807, 2.05) is 0 Å². The number of aromatic hydroxyl groups is 2. The molecule has 0 amide bonds. The minimum atomic E-state index is -0.284. The van der Waals surface area contributed by atoms with Crippen molar-refractivity contribution in [1.82, 2.24) is 0 Å². The van der Waals surface area contributed by atoms with Crippen LogP contribution in [0, 0.1) is 0 Å². The van der Waals surface area contributed by atoms with E-state index in [2.05, 4.69) is 161 Å². The van der Waals surface area contributed by atoms with Crippen molar-refractivity contribution in [2.75, 3.05) is 0 Å². The van der Waals surface area contributed by atoms with E-state index >= 15 is 0 Å². The quantitative estimate of drug-likeness (QED) is 0.244. The van der Waals surface area contributed by atoms with Crippen molar-refractivity contribution in [2.24, 2.45) is 0 Å². The molecule has 0 aliphatic heterocycles. The molecule has 0 aromatic heterocycles. The summed E-state index contributed by atoms with van der Waals surface area (Å²) in [5.74, 6) is 0.935. The largest absolute Gasteiger partial charge is 0.872 e. The van der Waals surface area contributed by atoms with Crippen LogP contribution in [0.25, 0.3) is 0 Å². The summed E-state index contributed by atoms with van der Waals surface area (Å²) in [5, 5.41) is 36.8. The van der Waals surface area contributed by atoms with Crippen molar-refractivity contribution in [1.29, 1.82) is 0 Å². The molecule has 3 aromatic carbocycles. The van der Waals surface area contributed by atoms with Gasteiger partial charge in [-0.1, -0.05) is 137 Å². The molecule has 3 N–H and O–H groups in total. The Hall–Kier alpha value is -2.98. The van der Waals surface area contributed by atoms with Gasteiger partial charge in [0.05, 0.1) is 0 Å². The van der Waals surface area contributed by atoms with Crippen LogP contribution in [-0.2, 0) is 52.1 Å². The SMILES string of the molecule is CC(C)(C)c1cc(C[NH+](Cc2cc(C(C)(C)C)c(O)c(C(C)(C)C)c2)Cc2cc(C(C)(C)C)c(O)c(C(C)(C)C)c2)cc(C(C)(C)C)c1[O-]. The number of hydrogen-bond donors (Lipinski definition) is 3. The van der Waals surface area contributed by atoms with Crippen LogP contribution in [0.3, 0.4) is 0 Å². The first-order valence-electron chi connectivity index (χ1n) is 18.2. The number of nitrogens with one attached hydrogen (secondary N) is 1. The number of quaternary nitrogens is 1. The third kappa shape index (κ3) is 9.63. The molecule has 3 aromatic rings. The highest BCUT2D eigenvalue weighted by molar-refractivity contribution is 5.52. The molecule has 0 aliphatic rings. The van der Waals surface area contributed by atoms with Gasteiger partial charge >= 0.3 is 0 Å². The predicted octanol–water partition coefficient (Wildman–Crippen LogP) is 9.74. The van der Waals surface area contributed by atoms with Crippen LogP contribution in [0.2, 0.25) is 0 Å². The van der Waals surface area contributed by atoms with E-state index in [1.165, 1.54) is 16.0 Å². The van der Waals surface area contributed by atoms with Crippen molar-refractivity contribution in [3.05, 3.63) is 86.5 Å². The Bertz CT molecular complexity index is 1350. The molecule has 0 heterocycles. The first-order chi connectivity index (χ1) is 21.8. The maximum absolute atomic E-state index is 13.8. The molecule has 0 aliphatic carbocycles.